The van der Waals surface area contributed by atoms with Crippen molar-refractivity contribution in [1.82, 2.24) is 4.90 Å². The Morgan fingerprint density at radius 1 is 1.44 bits per heavy atom. The molecule has 1 aromatic rings. The number of carboxylic acid groups (broad SMARTS) is 1. The van der Waals surface area contributed by atoms with Crippen molar-refractivity contribution in [2.24, 2.45) is 0 Å². The number of aliphatic hydroxyl groups is 1. The molecule has 5 nitrogen and oxygen atoms in total. The molecule has 0 aliphatic heterocycles. The summed E-state index contributed by atoms with van der Waals surface area (Å²) in [6, 6.07) is 5.75. The van der Waals surface area contributed by atoms with Crippen molar-refractivity contribution in [2.45, 2.75) is 12.6 Å². The molecule has 0 radical (unpaired) electrons. The standard InChI is InChI=1S/C11H15NO4/c1-12(9(7-13)11(15)16)6-8-4-2-3-5-10(8)14/h2-5,9,13-14H,6-7H2,1H3,(H,15,16). The van der Waals surface area contributed by atoms with Crippen molar-refractivity contribution in [3.05, 3.63) is 29.8 Å². The van der Waals surface area contributed by atoms with Crippen LogP contribution in [0.1, 0.15) is 5.56 Å². The van der Waals surface area contributed by atoms with E-state index in [1.165, 1.54) is 11.0 Å². The van der Waals surface area contributed by atoms with Crippen molar-refractivity contribution in [3.63, 3.8) is 0 Å². The number of carboxylic acids is 1. The van der Waals surface area contributed by atoms with Crippen LogP contribution in [0.5, 0.6) is 5.75 Å². The molecule has 5 heteroatoms. The Balaban J connectivity index is 2.74. The number of aliphatic carboxylic acids is 1. The van der Waals surface area contributed by atoms with Gasteiger partial charge in [-0.05, 0) is 13.1 Å². The highest BCUT2D eigenvalue weighted by atomic mass is 16.4. The van der Waals surface area contributed by atoms with Gasteiger partial charge in [-0.3, -0.25) is 9.69 Å². The smallest absolute Gasteiger partial charge is 0.323 e. The van der Waals surface area contributed by atoms with Crippen LogP contribution >= 0.6 is 0 Å². The molecular weight excluding hydrogens is 210 g/mol. The first-order valence-electron chi connectivity index (χ1n) is 4.87. The summed E-state index contributed by atoms with van der Waals surface area (Å²) in [7, 11) is 1.58. The average Bonchev–Trinajstić information content (AvgIpc) is 2.22. The van der Waals surface area contributed by atoms with Gasteiger partial charge in [0.05, 0.1) is 6.61 Å². The molecule has 0 spiro atoms. The number of likely N-dealkylation sites (N-methyl/N-ethyl adjacent to an activating group) is 1. The van der Waals surface area contributed by atoms with E-state index in [1.54, 1.807) is 25.2 Å². The molecule has 0 fully saturated rings. The number of rotatable bonds is 5. The fourth-order valence-corrected chi connectivity index (χ4v) is 1.43. The van der Waals surface area contributed by atoms with Gasteiger partial charge in [0.25, 0.3) is 0 Å². The van der Waals surface area contributed by atoms with Crippen LogP contribution in [0.15, 0.2) is 24.3 Å². The van der Waals surface area contributed by atoms with Crippen molar-refractivity contribution in [3.8, 4) is 5.75 Å². The molecule has 0 bridgehead atoms. The number of hydrogen-bond acceptors (Lipinski definition) is 4. The summed E-state index contributed by atoms with van der Waals surface area (Å²) in [5.74, 6) is -0.961. The summed E-state index contributed by atoms with van der Waals surface area (Å²) < 4.78 is 0. The molecule has 1 rings (SSSR count). The van der Waals surface area contributed by atoms with Crippen LogP contribution in [-0.2, 0) is 11.3 Å². The zero-order valence-corrected chi connectivity index (χ0v) is 9.00. The molecular formula is C11H15NO4. The highest BCUT2D eigenvalue weighted by Gasteiger charge is 2.22. The SMILES string of the molecule is CN(Cc1ccccc1O)C(CO)C(=O)O. The fraction of sp³-hybridized carbons (Fsp3) is 0.364. The number of para-hydroxylation sites is 1. The van der Waals surface area contributed by atoms with E-state index < -0.39 is 18.6 Å². The molecule has 1 unspecified atom stereocenters. The summed E-state index contributed by atoms with van der Waals surface area (Å²) in [5.41, 5.74) is 0.629. The second-order valence-corrected chi connectivity index (χ2v) is 3.58. The van der Waals surface area contributed by atoms with Crippen molar-refractivity contribution in [2.75, 3.05) is 13.7 Å². The zero-order chi connectivity index (χ0) is 12.1. The Kier molecular flexibility index (Phi) is 4.28. The minimum absolute atomic E-state index is 0.122. The van der Waals surface area contributed by atoms with Crippen molar-refractivity contribution < 1.29 is 20.1 Å². The van der Waals surface area contributed by atoms with Crippen LogP contribution in [0.25, 0.3) is 0 Å². The minimum Gasteiger partial charge on any atom is -0.508 e. The van der Waals surface area contributed by atoms with E-state index in [4.69, 9.17) is 10.2 Å². The average molecular weight is 225 g/mol. The number of phenolic OH excluding ortho intramolecular Hbond substituents is 1. The lowest BCUT2D eigenvalue weighted by Crippen LogP contribution is -2.40. The molecule has 0 aliphatic rings. The van der Waals surface area contributed by atoms with E-state index >= 15 is 0 Å². The summed E-state index contributed by atoms with van der Waals surface area (Å²) in [6.45, 7) is -0.191. The summed E-state index contributed by atoms with van der Waals surface area (Å²) >= 11 is 0. The lowest BCUT2D eigenvalue weighted by molar-refractivity contribution is -0.144. The largest absolute Gasteiger partial charge is 0.508 e. The second-order valence-electron chi connectivity index (χ2n) is 3.58. The van der Waals surface area contributed by atoms with Crippen LogP contribution in [0.3, 0.4) is 0 Å². The van der Waals surface area contributed by atoms with Gasteiger partial charge >= 0.3 is 5.97 Å². The Hall–Kier alpha value is -1.59. The maximum absolute atomic E-state index is 10.8. The second kappa shape index (κ2) is 5.48. The van der Waals surface area contributed by atoms with Crippen LogP contribution in [0.4, 0.5) is 0 Å². The van der Waals surface area contributed by atoms with Gasteiger partial charge in [-0.15, -0.1) is 0 Å². The normalized spacial score (nSPS) is 12.7. The lowest BCUT2D eigenvalue weighted by atomic mass is 10.1. The van der Waals surface area contributed by atoms with E-state index in [9.17, 15) is 9.90 Å². The van der Waals surface area contributed by atoms with Gasteiger partial charge in [0, 0.05) is 12.1 Å². The molecule has 88 valence electrons. The summed E-state index contributed by atoms with van der Waals surface area (Å²) in [6.07, 6.45) is 0. The fourth-order valence-electron chi connectivity index (χ4n) is 1.43. The topological polar surface area (TPSA) is 81.0 Å². The molecule has 0 aliphatic carbocycles. The number of aromatic hydroxyl groups is 1. The number of nitrogens with zero attached hydrogens (tertiary/aromatic N) is 1. The molecule has 0 saturated carbocycles. The van der Waals surface area contributed by atoms with Crippen LogP contribution in [0, 0.1) is 0 Å². The van der Waals surface area contributed by atoms with E-state index in [2.05, 4.69) is 0 Å². The number of aliphatic hydroxyl groups excluding tert-OH is 1. The molecule has 0 heterocycles. The number of phenols is 1. The van der Waals surface area contributed by atoms with E-state index in [-0.39, 0.29) is 12.3 Å². The van der Waals surface area contributed by atoms with Gasteiger partial charge in [-0.1, -0.05) is 18.2 Å². The van der Waals surface area contributed by atoms with Crippen LogP contribution < -0.4 is 0 Å². The third-order valence-electron chi connectivity index (χ3n) is 2.40. The number of carbonyl (C=O) groups is 1. The first-order chi connectivity index (χ1) is 7.56. The highest BCUT2D eigenvalue weighted by molar-refractivity contribution is 5.73. The molecule has 1 aromatic carbocycles. The summed E-state index contributed by atoms with van der Waals surface area (Å²) in [5, 5.41) is 27.3. The van der Waals surface area contributed by atoms with Crippen molar-refractivity contribution in [1.29, 1.82) is 0 Å². The van der Waals surface area contributed by atoms with Gasteiger partial charge in [-0.2, -0.15) is 0 Å². The third kappa shape index (κ3) is 2.95. The van der Waals surface area contributed by atoms with E-state index in [0.29, 0.717) is 5.56 Å². The van der Waals surface area contributed by atoms with Crippen molar-refractivity contribution >= 4 is 5.97 Å². The number of benzene rings is 1. The van der Waals surface area contributed by atoms with Gasteiger partial charge in [0.2, 0.25) is 0 Å². The molecule has 0 amide bonds. The van der Waals surface area contributed by atoms with Gasteiger partial charge in [-0.25, -0.2) is 0 Å². The predicted octanol–water partition coefficient (Wildman–Crippen LogP) is 0.270. The van der Waals surface area contributed by atoms with Gasteiger partial charge in [0.1, 0.15) is 11.8 Å². The molecule has 0 aromatic heterocycles. The quantitative estimate of drug-likeness (QED) is 0.670. The molecule has 0 saturated heterocycles. The Bertz CT molecular complexity index is 367. The maximum Gasteiger partial charge on any atom is 0.323 e. The monoisotopic (exact) mass is 225 g/mol. The Labute approximate surface area is 93.6 Å². The van der Waals surface area contributed by atoms with Gasteiger partial charge in [0.15, 0.2) is 0 Å². The van der Waals surface area contributed by atoms with Gasteiger partial charge < -0.3 is 15.3 Å². The zero-order valence-electron chi connectivity index (χ0n) is 9.00. The third-order valence-corrected chi connectivity index (χ3v) is 2.40. The first-order valence-corrected chi connectivity index (χ1v) is 4.87. The molecule has 3 N–H and O–H groups in total. The summed E-state index contributed by atoms with van der Waals surface area (Å²) in [4.78, 5) is 12.3. The van der Waals surface area contributed by atoms with Crippen LogP contribution in [-0.4, -0.2) is 45.9 Å². The van der Waals surface area contributed by atoms with E-state index in [0.717, 1.165) is 0 Å². The highest BCUT2D eigenvalue weighted by Crippen LogP contribution is 2.17. The van der Waals surface area contributed by atoms with Crippen LogP contribution in [0.2, 0.25) is 0 Å². The molecule has 16 heavy (non-hydrogen) atoms. The number of hydrogen-bond donors (Lipinski definition) is 3. The van der Waals surface area contributed by atoms with E-state index in [1.807, 2.05) is 0 Å². The predicted molar refractivity (Wildman–Crippen MR) is 58.1 cm³/mol. The lowest BCUT2D eigenvalue weighted by Gasteiger charge is -2.23. The molecule has 1 atom stereocenters. The first kappa shape index (κ1) is 12.5. The Morgan fingerprint density at radius 3 is 2.56 bits per heavy atom. The maximum atomic E-state index is 10.8. The minimum atomic E-state index is -1.08. The Morgan fingerprint density at radius 2 is 2.06 bits per heavy atom.